The molecule has 5 nitrogen and oxygen atoms in total. The van der Waals surface area contributed by atoms with E-state index >= 15 is 0 Å². The summed E-state index contributed by atoms with van der Waals surface area (Å²) in [5, 5.41) is 5.17. The standard InChI is InChI=1S/C27H38NO4Si/c1-20(29)13-16-22(28-25(30)32-27(5,6)7)19-31-33(23-11-9-8-10-12-23)24-17-14-21(15-18-24)26(2,3)4/h8-12,14-15,17-18,22H,13,16,19H2,1-7H3,(H,28,30)/t22-/m0/s1. The van der Waals surface area contributed by atoms with E-state index in [0.29, 0.717) is 19.4 Å². The van der Waals surface area contributed by atoms with Gasteiger partial charge in [-0.25, -0.2) is 4.79 Å². The van der Waals surface area contributed by atoms with E-state index in [9.17, 15) is 9.59 Å². The number of benzene rings is 2. The highest BCUT2D eigenvalue weighted by Crippen LogP contribution is 2.20. The van der Waals surface area contributed by atoms with Crippen LogP contribution in [0.5, 0.6) is 0 Å². The first-order valence-corrected chi connectivity index (χ1v) is 12.9. The molecule has 6 heteroatoms. The Hall–Kier alpha value is -2.44. The van der Waals surface area contributed by atoms with Crippen LogP contribution >= 0.6 is 0 Å². The molecule has 1 amide bonds. The Morgan fingerprint density at radius 1 is 0.909 bits per heavy atom. The molecule has 0 fully saturated rings. The van der Waals surface area contributed by atoms with E-state index in [0.717, 1.165) is 10.4 Å². The van der Waals surface area contributed by atoms with Gasteiger partial charge in [0.15, 0.2) is 0 Å². The Kier molecular flexibility index (Phi) is 9.43. The maximum absolute atomic E-state index is 12.4. The molecule has 2 aromatic rings. The molecule has 0 unspecified atom stereocenters. The van der Waals surface area contributed by atoms with Crippen molar-refractivity contribution in [2.45, 2.75) is 78.4 Å². The topological polar surface area (TPSA) is 64.6 Å². The number of Topliss-reactive ketones (excluding diaryl/α,β-unsaturated/α-hetero) is 1. The minimum absolute atomic E-state index is 0.0775. The average molecular weight is 469 g/mol. The zero-order valence-electron chi connectivity index (χ0n) is 21.0. The molecular weight excluding hydrogens is 430 g/mol. The van der Waals surface area contributed by atoms with Gasteiger partial charge < -0.3 is 19.3 Å². The molecule has 0 bridgehead atoms. The Balaban J connectivity index is 2.22. The summed E-state index contributed by atoms with van der Waals surface area (Å²) in [5.74, 6) is 0.0809. The lowest BCUT2D eigenvalue weighted by Gasteiger charge is -2.25. The zero-order valence-corrected chi connectivity index (χ0v) is 22.0. The first kappa shape index (κ1) is 26.8. The molecule has 2 rings (SSSR count). The first-order valence-electron chi connectivity index (χ1n) is 11.5. The van der Waals surface area contributed by atoms with Crippen molar-refractivity contribution in [1.82, 2.24) is 5.32 Å². The van der Waals surface area contributed by atoms with Crippen LogP contribution in [-0.2, 0) is 19.4 Å². The van der Waals surface area contributed by atoms with E-state index in [-0.39, 0.29) is 17.2 Å². The maximum Gasteiger partial charge on any atom is 0.407 e. The van der Waals surface area contributed by atoms with E-state index in [1.807, 2.05) is 39.0 Å². The van der Waals surface area contributed by atoms with E-state index in [1.54, 1.807) is 6.92 Å². The third kappa shape index (κ3) is 9.52. The number of ether oxygens (including phenoxy) is 1. The number of hydrogen-bond acceptors (Lipinski definition) is 4. The summed E-state index contributed by atoms with van der Waals surface area (Å²) in [4.78, 5) is 23.9. The molecule has 0 aliphatic rings. The molecule has 0 saturated heterocycles. The highest BCUT2D eigenvalue weighted by atomic mass is 28.3. The molecule has 0 heterocycles. The van der Waals surface area contributed by atoms with Crippen LogP contribution in [0.4, 0.5) is 4.79 Å². The summed E-state index contributed by atoms with van der Waals surface area (Å²) in [7, 11) is -1.54. The summed E-state index contributed by atoms with van der Waals surface area (Å²) in [6.45, 7) is 13.9. The van der Waals surface area contributed by atoms with Crippen molar-refractivity contribution >= 4 is 31.3 Å². The monoisotopic (exact) mass is 468 g/mol. The minimum Gasteiger partial charge on any atom is -0.444 e. The summed E-state index contributed by atoms with van der Waals surface area (Å²) in [6.07, 6.45) is 0.376. The summed E-state index contributed by atoms with van der Waals surface area (Å²) >= 11 is 0. The fourth-order valence-corrected chi connectivity index (χ4v) is 5.28. The number of alkyl carbamates (subject to hydrolysis) is 1. The molecule has 179 valence electrons. The van der Waals surface area contributed by atoms with Crippen molar-refractivity contribution < 1.29 is 18.8 Å². The van der Waals surface area contributed by atoms with E-state index in [4.69, 9.17) is 9.16 Å². The number of ketones is 1. The van der Waals surface area contributed by atoms with Crippen molar-refractivity contribution in [3.63, 3.8) is 0 Å². The first-order chi connectivity index (χ1) is 15.3. The van der Waals surface area contributed by atoms with Crippen LogP contribution in [0.2, 0.25) is 0 Å². The van der Waals surface area contributed by atoms with Gasteiger partial charge in [0.2, 0.25) is 0 Å². The van der Waals surface area contributed by atoms with Gasteiger partial charge in [0.05, 0.1) is 12.6 Å². The van der Waals surface area contributed by atoms with Crippen LogP contribution in [0.15, 0.2) is 54.6 Å². The third-order valence-electron chi connectivity index (χ3n) is 5.04. The fourth-order valence-electron chi connectivity index (χ4n) is 3.28. The highest BCUT2D eigenvalue weighted by Gasteiger charge is 2.25. The Morgan fingerprint density at radius 3 is 2.00 bits per heavy atom. The molecule has 1 atom stereocenters. The Bertz CT molecular complexity index is 898. The number of amides is 1. The highest BCUT2D eigenvalue weighted by molar-refractivity contribution is 6.80. The lowest BCUT2D eigenvalue weighted by atomic mass is 9.87. The van der Waals surface area contributed by atoms with Gasteiger partial charge in [0.25, 0.3) is 9.04 Å². The molecule has 0 aromatic heterocycles. The Labute approximate surface area is 200 Å². The quantitative estimate of drug-likeness (QED) is 0.555. The SMILES string of the molecule is CC(=O)CC[C@@H](CO[Si](c1ccccc1)c1ccc(C(C)(C)C)cc1)NC(=O)OC(C)(C)C. The number of hydrogen-bond donors (Lipinski definition) is 1. The molecule has 1 N–H and O–H groups in total. The van der Waals surface area contributed by atoms with Gasteiger partial charge in [-0.3, -0.25) is 0 Å². The summed E-state index contributed by atoms with van der Waals surface area (Å²) in [6, 6.07) is 18.5. The van der Waals surface area contributed by atoms with Gasteiger partial charge in [-0.2, -0.15) is 0 Å². The molecule has 2 aromatic carbocycles. The molecule has 0 aliphatic heterocycles. The normalized spacial score (nSPS) is 13.0. The lowest BCUT2D eigenvalue weighted by molar-refractivity contribution is -0.117. The molecular formula is C27H38NO4Si. The summed E-state index contributed by atoms with van der Waals surface area (Å²) in [5.41, 5.74) is 0.754. The largest absolute Gasteiger partial charge is 0.444 e. The number of carbonyl (C=O) groups is 2. The van der Waals surface area contributed by atoms with Crippen LogP contribution in [-0.4, -0.2) is 39.2 Å². The summed E-state index contributed by atoms with van der Waals surface area (Å²) < 4.78 is 11.9. The van der Waals surface area contributed by atoms with Gasteiger partial charge in [-0.05, 0) is 55.5 Å². The van der Waals surface area contributed by atoms with Crippen molar-refractivity contribution in [3.8, 4) is 0 Å². The number of carbonyl (C=O) groups excluding carboxylic acids is 2. The third-order valence-corrected chi connectivity index (χ3v) is 7.21. The maximum atomic E-state index is 12.4. The van der Waals surface area contributed by atoms with Crippen LogP contribution in [0.25, 0.3) is 0 Å². The van der Waals surface area contributed by atoms with E-state index in [2.05, 4.69) is 62.5 Å². The van der Waals surface area contributed by atoms with E-state index in [1.165, 1.54) is 5.56 Å². The van der Waals surface area contributed by atoms with Crippen molar-refractivity contribution in [3.05, 3.63) is 60.2 Å². The van der Waals surface area contributed by atoms with Crippen molar-refractivity contribution in [1.29, 1.82) is 0 Å². The van der Waals surface area contributed by atoms with Crippen LogP contribution in [0, 0.1) is 0 Å². The smallest absolute Gasteiger partial charge is 0.407 e. The van der Waals surface area contributed by atoms with Crippen LogP contribution < -0.4 is 15.7 Å². The lowest BCUT2D eigenvalue weighted by Crippen LogP contribution is -2.49. The molecule has 33 heavy (non-hydrogen) atoms. The van der Waals surface area contributed by atoms with Gasteiger partial charge >= 0.3 is 6.09 Å². The second kappa shape index (κ2) is 11.6. The fraction of sp³-hybridized carbons (Fsp3) is 0.481. The molecule has 1 radical (unpaired) electrons. The Morgan fingerprint density at radius 2 is 1.48 bits per heavy atom. The van der Waals surface area contributed by atoms with Crippen molar-refractivity contribution in [2.75, 3.05) is 6.61 Å². The minimum atomic E-state index is -1.54. The van der Waals surface area contributed by atoms with Gasteiger partial charge in [0.1, 0.15) is 11.4 Å². The van der Waals surface area contributed by atoms with Gasteiger partial charge in [0, 0.05) is 6.42 Å². The van der Waals surface area contributed by atoms with Gasteiger partial charge in [-0.1, -0.05) is 75.4 Å². The number of nitrogens with one attached hydrogen (secondary N) is 1. The second-order valence-corrected chi connectivity index (χ2v) is 12.5. The number of rotatable bonds is 9. The molecule has 0 saturated carbocycles. The zero-order chi connectivity index (χ0) is 24.6. The second-order valence-electron chi connectivity index (χ2n) is 10.4. The molecule has 0 spiro atoms. The van der Waals surface area contributed by atoms with Crippen LogP contribution in [0.3, 0.4) is 0 Å². The van der Waals surface area contributed by atoms with Crippen molar-refractivity contribution in [2.24, 2.45) is 0 Å². The molecule has 0 aliphatic carbocycles. The van der Waals surface area contributed by atoms with Crippen LogP contribution in [0.1, 0.15) is 66.9 Å². The predicted molar refractivity (Wildman–Crippen MR) is 136 cm³/mol. The van der Waals surface area contributed by atoms with E-state index < -0.39 is 20.7 Å². The van der Waals surface area contributed by atoms with Gasteiger partial charge in [-0.15, -0.1) is 0 Å². The predicted octanol–water partition coefficient (Wildman–Crippen LogP) is 4.37. The average Bonchev–Trinajstić information content (AvgIpc) is 2.71.